The molecule has 0 saturated carbocycles. The van der Waals surface area contributed by atoms with Crippen molar-refractivity contribution in [2.45, 2.75) is 45.8 Å². The van der Waals surface area contributed by atoms with Crippen molar-refractivity contribution in [3.05, 3.63) is 29.6 Å². The van der Waals surface area contributed by atoms with Gasteiger partial charge in [-0.15, -0.1) is 0 Å². The summed E-state index contributed by atoms with van der Waals surface area (Å²) in [7, 11) is 0. The molecule has 2 unspecified atom stereocenters. The summed E-state index contributed by atoms with van der Waals surface area (Å²) < 4.78 is 0. The van der Waals surface area contributed by atoms with Crippen molar-refractivity contribution in [1.29, 1.82) is 0 Å². The fourth-order valence-corrected chi connectivity index (χ4v) is 2.43. The van der Waals surface area contributed by atoms with E-state index in [0.717, 1.165) is 19.6 Å². The lowest BCUT2D eigenvalue weighted by Gasteiger charge is -2.38. The number of pyridine rings is 1. The Morgan fingerprint density at radius 3 is 3.00 bits per heavy atom. The molecule has 1 aromatic rings. The van der Waals surface area contributed by atoms with E-state index in [0.29, 0.717) is 12.1 Å². The van der Waals surface area contributed by atoms with Gasteiger partial charge < -0.3 is 5.32 Å². The second-order valence-corrected chi connectivity index (χ2v) is 5.16. The topological polar surface area (TPSA) is 28.2 Å². The predicted molar refractivity (Wildman–Crippen MR) is 70.9 cm³/mol. The molecule has 3 heteroatoms. The van der Waals surface area contributed by atoms with Crippen molar-refractivity contribution in [1.82, 2.24) is 15.2 Å². The minimum atomic E-state index is 0.610. The van der Waals surface area contributed by atoms with Gasteiger partial charge in [0, 0.05) is 44.1 Å². The Morgan fingerprint density at radius 2 is 2.29 bits per heavy atom. The van der Waals surface area contributed by atoms with Crippen LogP contribution in [0.1, 0.15) is 31.4 Å². The van der Waals surface area contributed by atoms with Crippen LogP contribution in [0.4, 0.5) is 0 Å². The number of aromatic nitrogens is 1. The number of nitrogens with zero attached hydrogens (tertiary/aromatic N) is 2. The predicted octanol–water partition coefficient (Wildman–Crippen LogP) is 1.96. The molecule has 0 amide bonds. The van der Waals surface area contributed by atoms with Crippen molar-refractivity contribution in [2.24, 2.45) is 0 Å². The van der Waals surface area contributed by atoms with Crippen LogP contribution >= 0.6 is 0 Å². The molecule has 1 saturated heterocycles. The van der Waals surface area contributed by atoms with Crippen LogP contribution in [0.15, 0.2) is 18.5 Å². The summed E-state index contributed by atoms with van der Waals surface area (Å²) in [6, 6.07) is 3.49. The van der Waals surface area contributed by atoms with E-state index in [2.05, 4.69) is 42.0 Å². The Bertz CT molecular complexity index is 364. The van der Waals surface area contributed by atoms with Gasteiger partial charge in [0.05, 0.1) is 0 Å². The van der Waals surface area contributed by atoms with Gasteiger partial charge in [-0.05, 0) is 31.4 Å². The van der Waals surface area contributed by atoms with Gasteiger partial charge in [0.2, 0.25) is 0 Å². The summed E-state index contributed by atoms with van der Waals surface area (Å²) in [6.45, 7) is 9.91. The normalized spacial score (nSPS) is 26.1. The molecule has 1 aromatic heterocycles. The van der Waals surface area contributed by atoms with Crippen LogP contribution in [0.3, 0.4) is 0 Å². The molecule has 1 fully saturated rings. The number of hydrogen-bond donors (Lipinski definition) is 1. The third kappa shape index (κ3) is 3.27. The van der Waals surface area contributed by atoms with Gasteiger partial charge >= 0.3 is 0 Å². The molecule has 94 valence electrons. The molecular formula is C14H23N3. The van der Waals surface area contributed by atoms with Gasteiger partial charge in [0.25, 0.3) is 0 Å². The average molecular weight is 233 g/mol. The highest BCUT2D eigenvalue weighted by Crippen LogP contribution is 2.13. The number of rotatable bonds is 3. The van der Waals surface area contributed by atoms with Gasteiger partial charge in [-0.2, -0.15) is 0 Å². The van der Waals surface area contributed by atoms with Gasteiger partial charge in [-0.25, -0.2) is 0 Å². The molecular weight excluding hydrogens is 210 g/mol. The number of piperazine rings is 1. The molecule has 2 heterocycles. The Morgan fingerprint density at radius 1 is 1.47 bits per heavy atom. The molecule has 2 rings (SSSR count). The summed E-state index contributed by atoms with van der Waals surface area (Å²) in [6.07, 6.45) is 5.11. The fourth-order valence-electron chi connectivity index (χ4n) is 2.43. The van der Waals surface area contributed by atoms with Gasteiger partial charge in [-0.1, -0.05) is 13.0 Å². The minimum Gasteiger partial charge on any atom is -0.311 e. The Labute approximate surface area is 104 Å². The Kier molecular flexibility index (Phi) is 4.13. The standard InChI is InChI=1S/C14H23N3/c1-4-14-10-17(12(3)7-16-14)9-13-5-11(2)6-15-8-13/h5-6,8,12,14,16H,4,7,9-10H2,1-3H3. The summed E-state index contributed by atoms with van der Waals surface area (Å²) in [4.78, 5) is 6.83. The number of nitrogens with one attached hydrogen (secondary N) is 1. The maximum absolute atomic E-state index is 4.27. The maximum atomic E-state index is 4.27. The zero-order valence-corrected chi connectivity index (χ0v) is 11.1. The lowest BCUT2D eigenvalue weighted by Crippen LogP contribution is -2.54. The van der Waals surface area contributed by atoms with E-state index in [9.17, 15) is 0 Å². The Hall–Kier alpha value is -0.930. The van der Waals surface area contributed by atoms with E-state index in [4.69, 9.17) is 0 Å². The van der Waals surface area contributed by atoms with Crippen molar-refractivity contribution in [3.63, 3.8) is 0 Å². The van der Waals surface area contributed by atoms with E-state index in [1.165, 1.54) is 17.5 Å². The van der Waals surface area contributed by atoms with Crippen molar-refractivity contribution >= 4 is 0 Å². The van der Waals surface area contributed by atoms with E-state index >= 15 is 0 Å². The summed E-state index contributed by atoms with van der Waals surface area (Å²) in [5.41, 5.74) is 2.57. The second-order valence-electron chi connectivity index (χ2n) is 5.16. The monoisotopic (exact) mass is 233 g/mol. The molecule has 1 aliphatic rings. The summed E-state index contributed by atoms with van der Waals surface area (Å²) in [5.74, 6) is 0. The SMILES string of the molecule is CCC1CN(Cc2cncc(C)c2)C(C)CN1. The van der Waals surface area contributed by atoms with Crippen LogP contribution in [0, 0.1) is 6.92 Å². The van der Waals surface area contributed by atoms with Crippen LogP contribution in [-0.4, -0.2) is 35.1 Å². The highest BCUT2D eigenvalue weighted by atomic mass is 15.2. The van der Waals surface area contributed by atoms with E-state index in [1.54, 1.807) is 0 Å². The maximum Gasteiger partial charge on any atom is 0.0313 e. The number of hydrogen-bond acceptors (Lipinski definition) is 3. The summed E-state index contributed by atoms with van der Waals surface area (Å²) >= 11 is 0. The number of aryl methyl sites for hydroxylation is 1. The molecule has 0 bridgehead atoms. The fraction of sp³-hybridized carbons (Fsp3) is 0.643. The smallest absolute Gasteiger partial charge is 0.0313 e. The zero-order chi connectivity index (χ0) is 12.3. The molecule has 2 atom stereocenters. The summed E-state index contributed by atoms with van der Waals surface area (Å²) in [5, 5.41) is 3.59. The highest BCUT2D eigenvalue weighted by Gasteiger charge is 2.23. The third-order valence-electron chi connectivity index (χ3n) is 3.59. The Balaban J connectivity index is 2.01. The average Bonchev–Trinajstić information content (AvgIpc) is 2.32. The first-order valence-electron chi connectivity index (χ1n) is 6.57. The van der Waals surface area contributed by atoms with Crippen LogP contribution in [0.25, 0.3) is 0 Å². The molecule has 0 aliphatic carbocycles. The van der Waals surface area contributed by atoms with Gasteiger partial charge in [-0.3, -0.25) is 9.88 Å². The quantitative estimate of drug-likeness (QED) is 0.865. The van der Waals surface area contributed by atoms with E-state index < -0.39 is 0 Å². The lowest BCUT2D eigenvalue weighted by atomic mass is 10.1. The second kappa shape index (κ2) is 5.61. The van der Waals surface area contributed by atoms with Crippen LogP contribution in [0.5, 0.6) is 0 Å². The molecule has 0 spiro atoms. The van der Waals surface area contributed by atoms with Crippen LogP contribution in [-0.2, 0) is 6.54 Å². The van der Waals surface area contributed by atoms with Crippen molar-refractivity contribution in [2.75, 3.05) is 13.1 Å². The highest BCUT2D eigenvalue weighted by molar-refractivity contribution is 5.16. The first-order chi connectivity index (χ1) is 8.19. The van der Waals surface area contributed by atoms with Crippen LogP contribution < -0.4 is 5.32 Å². The van der Waals surface area contributed by atoms with E-state index in [1.807, 2.05) is 12.4 Å². The molecule has 0 radical (unpaired) electrons. The lowest BCUT2D eigenvalue weighted by molar-refractivity contribution is 0.131. The molecule has 0 aromatic carbocycles. The first kappa shape index (κ1) is 12.5. The van der Waals surface area contributed by atoms with Gasteiger partial charge in [0.1, 0.15) is 0 Å². The van der Waals surface area contributed by atoms with Crippen molar-refractivity contribution in [3.8, 4) is 0 Å². The zero-order valence-electron chi connectivity index (χ0n) is 11.1. The minimum absolute atomic E-state index is 0.610. The van der Waals surface area contributed by atoms with Crippen molar-refractivity contribution < 1.29 is 0 Å². The largest absolute Gasteiger partial charge is 0.311 e. The van der Waals surface area contributed by atoms with Crippen LogP contribution in [0.2, 0.25) is 0 Å². The van der Waals surface area contributed by atoms with Gasteiger partial charge in [0.15, 0.2) is 0 Å². The molecule has 1 N–H and O–H groups in total. The first-order valence-corrected chi connectivity index (χ1v) is 6.57. The van der Waals surface area contributed by atoms with E-state index in [-0.39, 0.29) is 0 Å². The molecule has 1 aliphatic heterocycles. The molecule has 17 heavy (non-hydrogen) atoms. The third-order valence-corrected chi connectivity index (χ3v) is 3.59. The molecule has 3 nitrogen and oxygen atoms in total.